The van der Waals surface area contributed by atoms with E-state index in [1.165, 1.54) is 0 Å². The van der Waals surface area contributed by atoms with Crippen LogP contribution < -0.4 is 4.90 Å². The van der Waals surface area contributed by atoms with Gasteiger partial charge in [-0.25, -0.2) is 0 Å². The van der Waals surface area contributed by atoms with E-state index in [4.69, 9.17) is 0 Å². The molecule has 104 valence electrons. The molecular weight excluding hydrogens is 314 g/mol. The van der Waals surface area contributed by atoms with Crippen molar-refractivity contribution < 1.29 is 4.79 Å². The number of rotatable bonds is 2. The van der Waals surface area contributed by atoms with Gasteiger partial charge in [0.1, 0.15) is 0 Å². The standard InChI is InChI=1S/C17H18BrNO/c1-11-5-6-15(16(18)10-11)17(20)19(4)14-8-12(2)7-13(3)9-14/h5-10H,1-4H3. The molecule has 2 rings (SSSR count). The molecule has 0 aliphatic carbocycles. The minimum Gasteiger partial charge on any atom is -0.311 e. The van der Waals surface area contributed by atoms with Crippen LogP contribution in [0.25, 0.3) is 0 Å². The quantitative estimate of drug-likeness (QED) is 0.784. The zero-order valence-electron chi connectivity index (χ0n) is 12.2. The Hall–Kier alpha value is -1.61. The molecule has 20 heavy (non-hydrogen) atoms. The molecule has 0 spiro atoms. The van der Waals surface area contributed by atoms with Gasteiger partial charge in [-0.1, -0.05) is 12.1 Å². The monoisotopic (exact) mass is 331 g/mol. The number of aryl methyl sites for hydroxylation is 3. The first-order chi connectivity index (χ1) is 9.38. The van der Waals surface area contributed by atoms with Gasteiger partial charge in [0.2, 0.25) is 0 Å². The third-order valence-electron chi connectivity index (χ3n) is 3.25. The van der Waals surface area contributed by atoms with Crippen LogP contribution in [0.15, 0.2) is 40.9 Å². The van der Waals surface area contributed by atoms with Gasteiger partial charge >= 0.3 is 0 Å². The minimum absolute atomic E-state index is 0.0122. The van der Waals surface area contributed by atoms with Crippen LogP contribution in [0.4, 0.5) is 5.69 Å². The van der Waals surface area contributed by atoms with Crippen LogP contribution >= 0.6 is 15.9 Å². The van der Waals surface area contributed by atoms with Crippen molar-refractivity contribution in [1.29, 1.82) is 0 Å². The molecule has 0 saturated carbocycles. The summed E-state index contributed by atoms with van der Waals surface area (Å²) in [5.41, 5.74) is 5.03. The predicted molar refractivity (Wildman–Crippen MR) is 87.5 cm³/mol. The fourth-order valence-electron chi connectivity index (χ4n) is 2.24. The Bertz CT molecular complexity index is 644. The molecule has 0 unspecified atom stereocenters. The van der Waals surface area contributed by atoms with Crippen LogP contribution in [-0.2, 0) is 0 Å². The van der Waals surface area contributed by atoms with Gasteiger partial charge in [-0.2, -0.15) is 0 Å². The maximum absolute atomic E-state index is 12.6. The number of hydrogen-bond donors (Lipinski definition) is 0. The SMILES string of the molecule is Cc1cc(C)cc(N(C)C(=O)c2ccc(C)cc2Br)c1. The van der Waals surface area contributed by atoms with Crippen molar-refractivity contribution in [2.75, 3.05) is 11.9 Å². The molecular formula is C17H18BrNO. The summed E-state index contributed by atoms with van der Waals surface area (Å²) < 4.78 is 0.832. The van der Waals surface area contributed by atoms with Gasteiger partial charge in [0, 0.05) is 17.2 Å². The summed E-state index contributed by atoms with van der Waals surface area (Å²) >= 11 is 3.47. The second-order valence-corrected chi connectivity index (χ2v) is 6.05. The van der Waals surface area contributed by atoms with Crippen molar-refractivity contribution >= 4 is 27.5 Å². The van der Waals surface area contributed by atoms with E-state index < -0.39 is 0 Å². The summed E-state index contributed by atoms with van der Waals surface area (Å²) in [5, 5.41) is 0. The van der Waals surface area contributed by atoms with Crippen molar-refractivity contribution in [3.05, 3.63) is 63.1 Å². The second kappa shape index (κ2) is 5.80. The van der Waals surface area contributed by atoms with Crippen LogP contribution in [0.2, 0.25) is 0 Å². The van der Waals surface area contributed by atoms with E-state index in [1.54, 1.807) is 4.90 Å². The van der Waals surface area contributed by atoms with Gasteiger partial charge in [-0.05, 0) is 77.7 Å². The molecule has 0 N–H and O–H groups in total. The zero-order valence-corrected chi connectivity index (χ0v) is 13.8. The Labute approximate surface area is 128 Å². The van der Waals surface area contributed by atoms with Gasteiger partial charge in [-0.15, -0.1) is 0 Å². The number of carbonyl (C=O) groups excluding carboxylic acids is 1. The van der Waals surface area contributed by atoms with Gasteiger partial charge < -0.3 is 4.90 Å². The van der Waals surface area contributed by atoms with Crippen molar-refractivity contribution in [1.82, 2.24) is 0 Å². The summed E-state index contributed by atoms with van der Waals surface area (Å²) in [6, 6.07) is 11.9. The first-order valence-corrected chi connectivity index (χ1v) is 7.30. The normalized spacial score (nSPS) is 10.4. The molecule has 2 nitrogen and oxygen atoms in total. The van der Waals surface area contributed by atoms with Crippen LogP contribution in [0.1, 0.15) is 27.0 Å². The zero-order chi connectivity index (χ0) is 14.9. The van der Waals surface area contributed by atoms with Crippen molar-refractivity contribution in [2.45, 2.75) is 20.8 Å². The second-order valence-electron chi connectivity index (χ2n) is 5.19. The van der Waals surface area contributed by atoms with E-state index in [1.807, 2.05) is 58.2 Å². The van der Waals surface area contributed by atoms with Crippen molar-refractivity contribution in [3.8, 4) is 0 Å². The fourth-order valence-corrected chi connectivity index (χ4v) is 2.90. The fraction of sp³-hybridized carbons (Fsp3) is 0.235. The third kappa shape index (κ3) is 3.10. The average molecular weight is 332 g/mol. The molecule has 0 aliphatic heterocycles. The Morgan fingerprint density at radius 3 is 2.10 bits per heavy atom. The topological polar surface area (TPSA) is 20.3 Å². The van der Waals surface area contributed by atoms with Crippen LogP contribution in [-0.4, -0.2) is 13.0 Å². The maximum Gasteiger partial charge on any atom is 0.259 e. The molecule has 3 heteroatoms. The Morgan fingerprint density at radius 2 is 1.55 bits per heavy atom. The van der Waals surface area contributed by atoms with E-state index in [9.17, 15) is 4.79 Å². The molecule has 0 radical (unpaired) electrons. The van der Waals surface area contributed by atoms with E-state index in [0.717, 1.165) is 26.9 Å². The van der Waals surface area contributed by atoms with Gasteiger partial charge in [0.25, 0.3) is 5.91 Å². The summed E-state index contributed by atoms with van der Waals surface area (Å²) in [4.78, 5) is 14.3. The van der Waals surface area contributed by atoms with Gasteiger partial charge in [0.15, 0.2) is 0 Å². The predicted octanol–water partition coefficient (Wildman–Crippen LogP) is 4.65. The molecule has 0 saturated heterocycles. The summed E-state index contributed by atoms with van der Waals surface area (Å²) in [5.74, 6) is -0.0122. The number of amides is 1. The molecule has 0 aliphatic rings. The average Bonchev–Trinajstić information content (AvgIpc) is 2.36. The van der Waals surface area contributed by atoms with E-state index in [-0.39, 0.29) is 5.91 Å². The highest BCUT2D eigenvalue weighted by Gasteiger charge is 2.16. The minimum atomic E-state index is -0.0122. The van der Waals surface area contributed by atoms with E-state index in [0.29, 0.717) is 5.56 Å². The summed E-state index contributed by atoms with van der Waals surface area (Å²) in [6.45, 7) is 6.08. The lowest BCUT2D eigenvalue weighted by Gasteiger charge is -2.19. The van der Waals surface area contributed by atoms with Crippen LogP contribution in [0, 0.1) is 20.8 Å². The lowest BCUT2D eigenvalue weighted by atomic mass is 10.1. The molecule has 0 aromatic heterocycles. The van der Waals surface area contributed by atoms with Crippen LogP contribution in [0.5, 0.6) is 0 Å². The molecule has 0 heterocycles. The smallest absolute Gasteiger partial charge is 0.259 e. The number of carbonyl (C=O) groups is 1. The first-order valence-electron chi connectivity index (χ1n) is 6.51. The van der Waals surface area contributed by atoms with Crippen molar-refractivity contribution in [3.63, 3.8) is 0 Å². The number of halogens is 1. The highest BCUT2D eigenvalue weighted by atomic mass is 79.9. The molecule has 1 amide bonds. The Kier molecular flexibility index (Phi) is 4.29. The lowest BCUT2D eigenvalue weighted by molar-refractivity contribution is 0.0992. The van der Waals surface area contributed by atoms with Gasteiger partial charge in [0.05, 0.1) is 5.56 Å². The molecule has 0 bridgehead atoms. The maximum atomic E-state index is 12.6. The van der Waals surface area contributed by atoms with Crippen molar-refractivity contribution in [2.24, 2.45) is 0 Å². The number of benzene rings is 2. The lowest BCUT2D eigenvalue weighted by Crippen LogP contribution is -2.26. The van der Waals surface area contributed by atoms with Gasteiger partial charge in [-0.3, -0.25) is 4.79 Å². The Balaban J connectivity index is 2.37. The highest BCUT2D eigenvalue weighted by molar-refractivity contribution is 9.10. The number of hydrogen-bond acceptors (Lipinski definition) is 1. The summed E-state index contributed by atoms with van der Waals surface area (Å²) in [7, 11) is 1.81. The molecule has 0 atom stereocenters. The van der Waals surface area contributed by atoms with E-state index >= 15 is 0 Å². The third-order valence-corrected chi connectivity index (χ3v) is 3.91. The first kappa shape index (κ1) is 14.8. The van der Waals surface area contributed by atoms with Crippen LogP contribution in [0.3, 0.4) is 0 Å². The largest absolute Gasteiger partial charge is 0.311 e. The number of anilines is 1. The highest BCUT2D eigenvalue weighted by Crippen LogP contribution is 2.24. The molecule has 2 aromatic carbocycles. The summed E-state index contributed by atoms with van der Waals surface area (Å²) in [6.07, 6.45) is 0. The molecule has 2 aromatic rings. The molecule has 0 fully saturated rings. The Morgan fingerprint density at radius 1 is 0.950 bits per heavy atom. The van der Waals surface area contributed by atoms with E-state index in [2.05, 4.69) is 22.0 Å². The number of nitrogens with zero attached hydrogens (tertiary/aromatic N) is 1.